The van der Waals surface area contributed by atoms with Gasteiger partial charge in [0.1, 0.15) is 5.75 Å². The number of carbonyl (C=O) groups is 1. The minimum absolute atomic E-state index is 0.189. The van der Waals surface area contributed by atoms with Crippen LogP contribution in [0.15, 0.2) is 47.4 Å². The minimum atomic E-state index is -3.57. The third-order valence-corrected chi connectivity index (χ3v) is 7.44. The van der Waals surface area contributed by atoms with Gasteiger partial charge in [0.25, 0.3) is 5.91 Å². The van der Waals surface area contributed by atoms with Crippen molar-refractivity contribution < 1.29 is 17.9 Å². The smallest absolute Gasteiger partial charge is 0.257 e. The van der Waals surface area contributed by atoms with Gasteiger partial charge in [0.2, 0.25) is 10.0 Å². The third kappa shape index (κ3) is 5.41. The molecule has 0 saturated heterocycles. The summed E-state index contributed by atoms with van der Waals surface area (Å²) in [5.74, 6) is 0.417. The van der Waals surface area contributed by atoms with Crippen LogP contribution in [0.5, 0.6) is 5.75 Å². The number of sulfonamides is 1. The monoisotopic (exact) mass is 461 g/mol. The van der Waals surface area contributed by atoms with E-state index in [1.54, 1.807) is 0 Å². The van der Waals surface area contributed by atoms with E-state index in [2.05, 4.69) is 10.3 Å². The number of anilines is 1. The molecular weight excluding hydrogens is 434 g/mol. The zero-order chi connectivity index (χ0) is 22.4. The highest BCUT2D eigenvalue weighted by Gasteiger charge is 2.23. The third-order valence-electron chi connectivity index (χ3n) is 4.59. The first-order valence-electron chi connectivity index (χ1n) is 10.3. The predicted octanol–water partition coefficient (Wildman–Crippen LogP) is 4.76. The van der Waals surface area contributed by atoms with Gasteiger partial charge < -0.3 is 4.74 Å². The Hall–Kier alpha value is -2.49. The van der Waals surface area contributed by atoms with E-state index in [1.807, 2.05) is 39.0 Å². The lowest BCUT2D eigenvalue weighted by molar-refractivity contribution is 0.102. The number of hydrogen-bond acceptors (Lipinski definition) is 6. The van der Waals surface area contributed by atoms with E-state index in [0.29, 0.717) is 30.4 Å². The summed E-state index contributed by atoms with van der Waals surface area (Å²) in [6.45, 7) is 7.34. The molecule has 1 amide bonds. The summed E-state index contributed by atoms with van der Waals surface area (Å²) < 4.78 is 33.6. The summed E-state index contributed by atoms with van der Waals surface area (Å²) in [5, 5.41) is 3.26. The molecule has 0 radical (unpaired) electrons. The molecule has 166 valence electrons. The lowest BCUT2D eigenvalue weighted by Crippen LogP contribution is -2.32. The van der Waals surface area contributed by atoms with E-state index in [0.717, 1.165) is 28.8 Å². The topological polar surface area (TPSA) is 88.6 Å². The predicted molar refractivity (Wildman–Crippen MR) is 125 cm³/mol. The average Bonchev–Trinajstić information content (AvgIpc) is 3.15. The van der Waals surface area contributed by atoms with Gasteiger partial charge in [-0.2, -0.15) is 4.31 Å². The van der Waals surface area contributed by atoms with Gasteiger partial charge in [-0.3, -0.25) is 10.1 Å². The molecule has 0 fully saturated rings. The number of hydrogen-bond donors (Lipinski definition) is 1. The first kappa shape index (κ1) is 23.2. The molecule has 9 heteroatoms. The van der Waals surface area contributed by atoms with Crippen LogP contribution < -0.4 is 10.1 Å². The highest BCUT2D eigenvalue weighted by molar-refractivity contribution is 7.89. The van der Waals surface area contributed by atoms with E-state index in [-0.39, 0.29) is 10.8 Å². The maximum absolute atomic E-state index is 12.9. The van der Waals surface area contributed by atoms with Crippen LogP contribution in [-0.2, 0) is 10.0 Å². The molecule has 0 bridgehead atoms. The molecule has 0 spiro atoms. The molecule has 0 saturated carbocycles. The van der Waals surface area contributed by atoms with E-state index >= 15 is 0 Å². The fraction of sp³-hybridized carbons (Fsp3) is 0.364. The Morgan fingerprint density at radius 1 is 1.06 bits per heavy atom. The summed E-state index contributed by atoms with van der Waals surface area (Å²) in [7, 11) is -3.57. The summed E-state index contributed by atoms with van der Waals surface area (Å²) in [6, 6.07) is 11.6. The van der Waals surface area contributed by atoms with Gasteiger partial charge in [-0.1, -0.05) is 25.2 Å². The average molecular weight is 462 g/mol. The van der Waals surface area contributed by atoms with Gasteiger partial charge in [0.15, 0.2) is 5.13 Å². The number of nitrogens with one attached hydrogen (secondary N) is 1. The van der Waals surface area contributed by atoms with Crippen LogP contribution in [0.3, 0.4) is 0 Å². The standard InChI is InChI=1S/C22H27N3O4S2/c1-4-13-25(14-5-2)31(27,28)18-10-7-16(8-11-18)21(26)24-22-23-19-12-9-17(29-6-3)15-20(19)30-22/h7-12,15H,4-6,13-14H2,1-3H3,(H,23,24,26). The molecule has 3 rings (SSSR count). The molecule has 0 atom stereocenters. The van der Waals surface area contributed by atoms with Gasteiger partial charge in [-0.15, -0.1) is 0 Å². The molecule has 1 heterocycles. The van der Waals surface area contributed by atoms with Crippen LogP contribution in [0.1, 0.15) is 44.0 Å². The first-order valence-corrected chi connectivity index (χ1v) is 12.6. The Balaban J connectivity index is 1.75. The van der Waals surface area contributed by atoms with Crippen molar-refractivity contribution in [3.05, 3.63) is 48.0 Å². The molecule has 2 aromatic carbocycles. The molecule has 1 aromatic heterocycles. The van der Waals surface area contributed by atoms with Crippen LogP contribution in [-0.4, -0.2) is 43.3 Å². The fourth-order valence-corrected chi connectivity index (χ4v) is 5.68. The fourth-order valence-electron chi connectivity index (χ4n) is 3.16. The second-order valence-corrected chi connectivity index (χ2v) is 9.93. The molecule has 7 nitrogen and oxygen atoms in total. The highest BCUT2D eigenvalue weighted by Crippen LogP contribution is 2.29. The number of aromatic nitrogens is 1. The van der Waals surface area contributed by atoms with Crippen LogP contribution in [0.4, 0.5) is 5.13 Å². The zero-order valence-electron chi connectivity index (χ0n) is 17.9. The van der Waals surface area contributed by atoms with Crippen LogP contribution >= 0.6 is 11.3 Å². The lowest BCUT2D eigenvalue weighted by Gasteiger charge is -2.21. The van der Waals surface area contributed by atoms with Crippen LogP contribution in [0.25, 0.3) is 10.2 Å². The van der Waals surface area contributed by atoms with Crippen LogP contribution in [0.2, 0.25) is 0 Å². The van der Waals surface area contributed by atoms with E-state index < -0.39 is 10.0 Å². The number of nitrogens with zero attached hydrogens (tertiary/aromatic N) is 2. The van der Waals surface area contributed by atoms with Crippen molar-refractivity contribution in [3.8, 4) is 5.75 Å². The van der Waals surface area contributed by atoms with Gasteiger partial charge >= 0.3 is 0 Å². The molecule has 31 heavy (non-hydrogen) atoms. The van der Waals surface area contributed by atoms with Gasteiger partial charge in [0.05, 0.1) is 21.7 Å². The van der Waals surface area contributed by atoms with Crippen molar-refractivity contribution >= 4 is 42.6 Å². The van der Waals surface area contributed by atoms with Crippen molar-refractivity contribution in [3.63, 3.8) is 0 Å². The second kappa shape index (κ2) is 10.2. The number of thiazole rings is 1. The Morgan fingerprint density at radius 2 is 1.74 bits per heavy atom. The maximum atomic E-state index is 12.9. The number of fused-ring (bicyclic) bond motifs is 1. The summed E-state index contributed by atoms with van der Waals surface area (Å²) in [6.07, 6.45) is 1.49. The first-order chi connectivity index (χ1) is 14.9. The van der Waals surface area contributed by atoms with E-state index in [4.69, 9.17) is 4.74 Å². The summed E-state index contributed by atoms with van der Waals surface area (Å²) >= 11 is 1.36. The molecule has 0 aliphatic rings. The molecule has 0 unspecified atom stereocenters. The Bertz CT molecular complexity index is 1140. The van der Waals surface area contributed by atoms with Crippen molar-refractivity contribution in [2.75, 3.05) is 25.0 Å². The van der Waals surface area contributed by atoms with Crippen molar-refractivity contribution in [2.45, 2.75) is 38.5 Å². The van der Waals surface area contributed by atoms with Crippen molar-refractivity contribution in [1.82, 2.24) is 9.29 Å². The lowest BCUT2D eigenvalue weighted by atomic mass is 10.2. The molecular formula is C22H27N3O4S2. The quantitative estimate of drug-likeness (QED) is 0.470. The number of amides is 1. The second-order valence-electron chi connectivity index (χ2n) is 6.96. The number of rotatable bonds is 10. The van der Waals surface area contributed by atoms with Gasteiger partial charge in [-0.05, 0) is 62.2 Å². The largest absolute Gasteiger partial charge is 0.494 e. The highest BCUT2D eigenvalue weighted by atomic mass is 32.2. The number of ether oxygens (including phenoxy) is 1. The molecule has 0 aliphatic heterocycles. The molecule has 1 N–H and O–H groups in total. The minimum Gasteiger partial charge on any atom is -0.494 e. The number of carbonyl (C=O) groups excluding carboxylic acids is 1. The van der Waals surface area contributed by atoms with Gasteiger partial charge in [-0.25, -0.2) is 13.4 Å². The van der Waals surface area contributed by atoms with Gasteiger partial charge in [0, 0.05) is 18.7 Å². The summed E-state index contributed by atoms with van der Waals surface area (Å²) in [4.78, 5) is 17.2. The van der Waals surface area contributed by atoms with E-state index in [1.165, 1.54) is 39.9 Å². The zero-order valence-corrected chi connectivity index (χ0v) is 19.6. The molecule has 3 aromatic rings. The Morgan fingerprint density at radius 3 is 2.35 bits per heavy atom. The summed E-state index contributed by atoms with van der Waals surface area (Å²) in [5.41, 5.74) is 1.14. The SMILES string of the molecule is CCCN(CCC)S(=O)(=O)c1ccc(C(=O)Nc2nc3ccc(OCC)cc3s2)cc1. The number of benzene rings is 2. The van der Waals surface area contributed by atoms with E-state index in [9.17, 15) is 13.2 Å². The van der Waals surface area contributed by atoms with Crippen LogP contribution in [0, 0.1) is 0 Å². The van der Waals surface area contributed by atoms with Crippen molar-refractivity contribution in [2.24, 2.45) is 0 Å². The maximum Gasteiger partial charge on any atom is 0.257 e. The molecule has 0 aliphatic carbocycles. The Kier molecular flexibility index (Phi) is 7.64. The van der Waals surface area contributed by atoms with Crippen molar-refractivity contribution in [1.29, 1.82) is 0 Å². The normalized spacial score (nSPS) is 11.7. The Labute approximate surface area is 187 Å².